The van der Waals surface area contributed by atoms with Gasteiger partial charge < -0.3 is 4.57 Å². The van der Waals surface area contributed by atoms with Gasteiger partial charge in [-0.15, -0.1) is 0 Å². The molecule has 0 fully saturated rings. The van der Waals surface area contributed by atoms with Gasteiger partial charge in [-0.2, -0.15) is 0 Å². The second kappa shape index (κ2) is 14.9. The lowest BCUT2D eigenvalue weighted by atomic mass is 9.65. The molecule has 222 valence electrons. The largest absolute Gasteiger partial charge is 0.345 e. The first-order valence-corrected chi connectivity index (χ1v) is 18.5. The fourth-order valence-electron chi connectivity index (χ4n) is 6.51. The van der Waals surface area contributed by atoms with E-state index in [0.29, 0.717) is 0 Å². The number of aromatic nitrogens is 2. The maximum Gasteiger partial charge on any atom is 0.239 e. The Labute approximate surface area is 270 Å². The molecule has 45 heavy (non-hydrogen) atoms. The number of rotatable bonds is 13. The number of unbranched alkanes of at least 4 members (excludes halogenated alkanes) is 2. The van der Waals surface area contributed by atoms with Crippen molar-refractivity contribution in [2.24, 2.45) is 0 Å². The highest BCUT2D eigenvalue weighted by molar-refractivity contribution is 7.10. The molecule has 0 bridgehead atoms. The van der Waals surface area contributed by atoms with Gasteiger partial charge in [-0.05, 0) is 45.1 Å². The maximum absolute atomic E-state index is 5.00. The molecule has 2 nitrogen and oxygen atoms in total. The predicted octanol–water partition coefficient (Wildman–Crippen LogP) is 6.59. The van der Waals surface area contributed by atoms with E-state index in [4.69, 9.17) is 4.98 Å². The van der Waals surface area contributed by atoms with Gasteiger partial charge >= 0.3 is 0 Å². The molecule has 0 amide bonds. The normalized spacial score (nSPS) is 11.8. The van der Waals surface area contributed by atoms with Crippen LogP contribution in [-0.2, 0) is 12.6 Å². The van der Waals surface area contributed by atoms with E-state index in [9.17, 15) is 0 Å². The van der Waals surface area contributed by atoms with Crippen LogP contribution >= 0.6 is 0 Å². The van der Waals surface area contributed by atoms with Crippen LogP contribution in [0.5, 0.6) is 0 Å². The lowest BCUT2D eigenvalue weighted by Crippen LogP contribution is -2.70. The van der Waals surface area contributed by atoms with E-state index < -0.39 is 8.07 Å². The van der Waals surface area contributed by atoms with Gasteiger partial charge in [-0.25, -0.2) is 0 Å². The Kier molecular flexibility index (Phi) is 10.0. The number of nitrogens with zero attached hydrogens (tertiary/aromatic N) is 2. The minimum Gasteiger partial charge on any atom is -0.345 e. The Balaban J connectivity index is 1.47. The molecule has 0 aliphatic carbocycles. The van der Waals surface area contributed by atoms with Crippen molar-refractivity contribution in [2.45, 2.75) is 38.8 Å². The van der Waals surface area contributed by atoms with Crippen LogP contribution in [0.2, 0.25) is 0 Å². The number of aryl methyl sites for hydroxylation is 1. The van der Waals surface area contributed by atoms with E-state index in [1.54, 1.807) is 0 Å². The van der Waals surface area contributed by atoms with Crippen molar-refractivity contribution < 1.29 is 0 Å². The monoisotopic (exact) mass is 600 g/mol. The third-order valence-corrected chi connectivity index (χ3v) is 13.6. The van der Waals surface area contributed by atoms with E-state index in [-0.39, 0.29) is 0 Å². The Morgan fingerprint density at radius 1 is 0.689 bits per heavy atom. The summed E-state index contributed by atoms with van der Waals surface area (Å²) in [4.78, 5) is 5.00. The lowest BCUT2D eigenvalue weighted by molar-refractivity contribution is 0.717. The summed E-state index contributed by atoms with van der Waals surface area (Å²) in [5, 5.41) is 4.30. The average molecular weight is 601 g/mol. The highest BCUT2D eigenvalue weighted by Gasteiger charge is 2.40. The molecular weight excluding hydrogens is 559 g/mol. The minimum atomic E-state index is -2.54. The van der Waals surface area contributed by atoms with E-state index >= 15 is 0 Å². The molecule has 0 aliphatic rings. The first-order chi connectivity index (χ1) is 22.3. The Hall–Kier alpha value is -4.67. The summed E-state index contributed by atoms with van der Waals surface area (Å²) in [6, 6.07) is 53.4. The van der Waals surface area contributed by atoms with Crippen LogP contribution < -0.4 is 21.3 Å². The molecule has 0 unspecified atom stereocenters. The van der Waals surface area contributed by atoms with Gasteiger partial charge in [0.2, 0.25) is 7.28 Å². The van der Waals surface area contributed by atoms with E-state index in [0.717, 1.165) is 25.6 Å². The first kappa shape index (κ1) is 30.4. The molecule has 4 heteroatoms. The lowest BCUT2D eigenvalue weighted by Gasteiger charge is -2.35. The summed E-state index contributed by atoms with van der Waals surface area (Å²) in [5.74, 6) is 0. The van der Waals surface area contributed by atoms with E-state index in [2.05, 4.69) is 169 Å². The van der Waals surface area contributed by atoms with Crippen molar-refractivity contribution in [1.29, 1.82) is 0 Å². The molecule has 5 aromatic carbocycles. The van der Waals surface area contributed by atoms with Crippen molar-refractivity contribution in [1.82, 2.24) is 9.55 Å². The standard InChI is InChI=1S/C41H41BN2Si/c1-2-3-8-18-34-21-17-28-39(31-34)45(37-24-13-6-14-25-37,38-26-15-7-16-27-38)33-44-30-29-43-41(44)42-40(36-22-11-5-12-23-36)32-35-19-9-4-10-20-35/h4-7,9-17,19-32,42H,2-3,8,18,33H2,1H3. The van der Waals surface area contributed by atoms with Crippen LogP contribution in [0.4, 0.5) is 0 Å². The van der Waals surface area contributed by atoms with Gasteiger partial charge in [0.1, 0.15) is 0 Å². The van der Waals surface area contributed by atoms with Crippen molar-refractivity contribution in [2.75, 3.05) is 0 Å². The topological polar surface area (TPSA) is 17.8 Å². The van der Waals surface area contributed by atoms with Gasteiger partial charge in [0.25, 0.3) is 0 Å². The van der Waals surface area contributed by atoms with Crippen LogP contribution in [0.3, 0.4) is 0 Å². The molecule has 0 saturated carbocycles. The smallest absolute Gasteiger partial charge is 0.239 e. The maximum atomic E-state index is 5.00. The zero-order valence-electron chi connectivity index (χ0n) is 26.2. The zero-order chi connectivity index (χ0) is 30.7. The van der Waals surface area contributed by atoms with E-state index in [1.165, 1.54) is 57.0 Å². The summed E-state index contributed by atoms with van der Waals surface area (Å²) in [6.45, 7) is 2.28. The average Bonchev–Trinajstić information content (AvgIpc) is 3.55. The number of imidazole rings is 1. The molecule has 0 aliphatic heterocycles. The van der Waals surface area contributed by atoms with Crippen LogP contribution in [0.1, 0.15) is 42.9 Å². The van der Waals surface area contributed by atoms with Crippen LogP contribution in [-0.4, -0.2) is 24.9 Å². The zero-order valence-corrected chi connectivity index (χ0v) is 27.2. The number of hydrogen-bond acceptors (Lipinski definition) is 1. The molecule has 0 N–H and O–H groups in total. The van der Waals surface area contributed by atoms with Crippen molar-refractivity contribution >= 4 is 48.2 Å². The van der Waals surface area contributed by atoms with Gasteiger partial charge in [0.05, 0.1) is 5.72 Å². The quantitative estimate of drug-likeness (QED) is 0.0634. The van der Waals surface area contributed by atoms with Crippen LogP contribution in [0.25, 0.3) is 11.5 Å². The van der Waals surface area contributed by atoms with Crippen LogP contribution in [0.15, 0.2) is 158 Å². The third kappa shape index (κ3) is 7.19. The fourth-order valence-corrected chi connectivity index (χ4v) is 11.2. The summed E-state index contributed by atoms with van der Waals surface area (Å²) >= 11 is 0. The Bertz CT molecular complexity index is 1760. The van der Waals surface area contributed by atoms with Crippen molar-refractivity contribution in [3.8, 4) is 0 Å². The molecule has 0 radical (unpaired) electrons. The Morgan fingerprint density at radius 3 is 1.93 bits per heavy atom. The van der Waals surface area contributed by atoms with Crippen LogP contribution in [0, 0.1) is 0 Å². The second-order valence-electron chi connectivity index (χ2n) is 11.9. The molecule has 6 rings (SSSR count). The van der Waals surface area contributed by atoms with Gasteiger partial charge in [0.15, 0.2) is 8.07 Å². The van der Waals surface area contributed by atoms with Gasteiger partial charge in [-0.3, -0.25) is 4.98 Å². The number of benzene rings is 5. The number of hydrogen-bond donors (Lipinski definition) is 0. The molecule has 1 heterocycles. The van der Waals surface area contributed by atoms with Gasteiger partial charge in [-0.1, -0.05) is 177 Å². The fraction of sp³-hybridized carbons (Fsp3) is 0.146. The third-order valence-electron chi connectivity index (χ3n) is 8.86. The summed E-state index contributed by atoms with van der Waals surface area (Å²) in [5.41, 5.74) is 6.22. The Morgan fingerprint density at radius 2 is 1.29 bits per heavy atom. The SMILES string of the molecule is CCCCCc1cccc([Si](Cn2ccnc2BC(=Cc2ccccc2)c2ccccc2)(c2ccccc2)c2ccccc2)c1. The minimum absolute atomic E-state index is 0.747. The van der Waals surface area contributed by atoms with Crippen molar-refractivity contribution in [3.05, 3.63) is 175 Å². The molecular formula is C41H41BN2Si. The molecule has 0 atom stereocenters. The van der Waals surface area contributed by atoms with Gasteiger partial charge in [0, 0.05) is 18.6 Å². The van der Waals surface area contributed by atoms with E-state index in [1.807, 2.05) is 6.20 Å². The first-order valence-electron chi connectivity index (χ1n) is 16.3. The molecule has 1 aromatic heterocycles. The molecule has 0 spiro atoms. The summed E-state index contributed by atoms with van der Waals surface area (Å²) < 4.78 is 2.44. The molecule has 0 saturated heterocycles. The highest BCUT2D eigenvalue weighted by atomic mass is 28.3. The van der Waals surface area contributed by atoms with Crippen molar-refractivity contribution in [3.63, 3.8) is 0 Å². The predicted molar refractivity (Wildman–Crippen MR) is 197 cm³/mol. The second-order valence-corrected chi connectivity index (χ2v) is 15.7. The summed E-state index contributed by atoms with van der Waals surface area (Å²) in [7, 11) is -1.79. The summed E-state index contributed by atoms with van der Waals surface area (Å²) in [6.07, 6.45) is 12.2. The molecule has 6 aromatic rings. The highest BCUT2D eigenvalue weighted by Crippen LogP contribution is 2.18.